The summed E-state index contributed by atoms with van der Waals surface area (Å²) in [5.41, 5.74) is 5.85. The maximum Gasteiger partial charge on any atom is 0.250 e. The van der Waals surface area contributed by atoms with Crippen molar-refractivity contribution in [2.45, 2.75) is 12.3 Å². The number of hydrogen-bond donors (Lipinski definition) is 2. The van der Waals surface area contributed by atoms with E-state index in [1.54, 1.807) is 12.3 Å². The average Bonchev–Trinajstić information content (AvgIpc) is 3.05. The van der Waals surface area contributed by atoms with Gasteiger partial charge in [0.25, 0.3) is 5.91 Å². The summed E-state index contributed by atoms with van der Waals surface area (Å²) in [5.74, 6) is 0.0372. The van der Waals surface area contributed by atoms with E-state index in [1.165, 1.54) is 18.5 Å². The van der Waals surface area contributed by atoms with E-state index in [1.807, 2.05) is 6.07 Å². The fraction of sp³-hybridized carbons (Fsp3) is 0.214. The van der Waals surface area contributed by atoms with Crippen LogP contribution in [0, 0.1) is 5.92 Å². The highest BCUT2D eigenvalue weighted by Gasteiger charge is 2.46. The lowest BCUT2D eigenvalue weighted by Gasteiger charge is -2.07. The Morgan fingerprint density at radius 3 is 2.95 bits per heavy atom. The van der Waals surface area contributed by atoms with Crippen LogP contribution in [0.5, 0.6) is 0 Å². The number of pyridine rings is 1. The molecular weight excluding hydrogens is 258 g/mol. The van der Waals surface area contributed by atoms with E-state index in [-0.39, 0.29) is 23.3 Å². The predicted molar refractivity (Wildman–Crippen MR) is 70.9 cm³/mol. The molecule has 0 aliphatic heterocycles. The molecule has 0 bridgehead atoms. The first-order valence-electron chi connectivity index (χ1n) is 6.25. The van der Waals surface area contributed by atoms with E-state index < -0.39 is 5.91 Å². The number of anilines is 1. The van der Waals surface area contributed by atoms with Gasteiger partial charge in [-0.1, -0.05) is 0 Å². The second-order valence-electron chi connectivity index (χ2n) is 4.74. The fourth-order valence-electron chi connectivity index (χ4n) is 2.24. The lowest BCUT2D eigenvalue weighted by molar-refractivity contribution is -0.117. The Balaban J connectivity index is 1.70. The van der Waals surface area contributed by atoms with E-state index in [0.29, 0.717) is 5.69 Å². The van der Waals surface area contributed by atoms with Gasteiger partial charge in [0.1, 0.15) is 5.76 Å². The summed E-state index contributed by atoms with van der Waals surface area (Å²) >= 11 is 0. The zero-order valence-electron chi connectivity index (χ0n) is 10.6. The highest BCUT2D eigenvalue weighted by molar-refractivity contribution is 6.03. The zero-order valence-corrected chi connectivity index (χ0v) is 10.6. The second kappa shape index (κ2) is 4.80. The molecule has 1 aliphatic carbocycles. The van der Waals surface area contributed by atoms with Crippen LogP contribution in [0.2, 0.25) is 0 Å². The Morgan fingerprint density at radius 2 is 2.25 bits per heavy atom. The van der Waals surface area contributed by atoms with Crippen molar-refractivity contribution in [1.82, 2.24) is 4.98 Å². The molecule has 2 unspecified atom stereocenters. The summed E-state index contributed by atoms with van der Waals surface area (Å²) in [5, 5.41) is 2.70. The summed E-state index contributed by atoms with van der Waals surface area (Å²) < 4.78 is 5.28. The largest absolute Gasteiger partial charge is 0.469 e. The zero-order chi connectivity index (χ0) is 14.1. The van der Waals surface area contributed by atoms with Gasteiger partial charge in [-0.3, -0.25) is 14.6 Å². The number of nitrogens with two attached hydrogens (primary N) is 1. The van der Waals surface area contributed by atoms with Gasteiger partial charge in [-0.15, -0.1) is 0 Å². The average molecular weight is 271 g/mol. The van der Waals surface area contributed by atoms with Gasteiger partial charge in [0.15, 0.2) is 0 Å². The minimum absolute atomic E-state index is 0.110. The van der Waals surface area contributed by atoms with Crippen molar-refractivity contribution in [3.05, 3.63) is 48.2 Å². The number of nitrogens with zero attached hydrogens (tertiary/aromatic N) is 1. The molecule has 3 rings (SSSR count). The number of carbonyl (C=O) groups excluding carboxylic acids is 2. The van der Waals surface area contributed by atoms with E-state index in [2.05, 4.69) is 10.3 Å². The first-order chi connectivity index (χ1) is 9.66. The maximum absolute atomic E-state index is 12.1. The molecule has 2 aromatic heterocycles. The van der Waals surface area contributed by atoms with Crippen LogP contribution in [-0.2, 0) is 4.79 Å². The molecular formula is C14H13N3O3. The number of hydrogen-bond acceptors (Lipinski definition) is 4. The fourth-order valence-corrected chi connectivity index (χ4v) is 2.24. The van der Waals surface area contributed by atoms with E-state index in [9.17, 15) is 9.59 Å². The highest BCUT2D eigenvalue weighted by atomic mass is 16.3. The molecule has 2 atom stereocenters. The van der Waals surface area contributed by atoms with Crippen molar-refractivity contribution in [2.24, 2.45) is 11.7 Å². The molecule has 1 fully saturated rings. The topological polar surface area (TPSA) is 98.2 Å². The molecule has 20 heavy (non-hydrogen) atoms. The van der Waals surface area contributed by atoms with Gasteiger partial charge < -0.3 is 15.5 Å². The lowest BCUT2D eigenvalue weighted by Crippen LogP contribution is -2.19. The van der Waals surface area contributed by atoms with E-state index in [4.69, 9.17) is 10.2 Å². The minimum Gasteiger partial charge on any atom is -0.469 e. The maximum atomic E-state index is 12.1. The number of furan rings is 1. The smallest absolute Gasteiger partial charge is 0.250 e. The Hall–Kier alpha value is -2.63. The van der Waals surface area contributed by atoms with Gasteiger partial charge in [-0.2, -0.15) is 0 Å². The molecule has 0 radical (unpaired) electrons. The van der Waals surface area contributed by atoms with Gasteiger partial charge >= 0.3 is 0 Å². The Labute approximate surface area is 115 Å². The van der Waals surface area contributed by atoms with Crippen molar-refractivity contribution in [3.8, 4) is 0 Å². The van der Waals surface area contributed by atoms with Crippen LogP contribution >= 0.6 is 0 Å². The third-order valence-corrected chi connectivity index (χ3v) is 3.38. The van der Waals surface area contributed by atoms with Crippen molar-refractivity contribution in [3.63, 3.8) is 0 Å². The number of primary amides is 1. The van der Waals surface area contributed by atoms with Gasteiger partial charge in [0.05, 0.1) is 23.7 Å². The molecule has 0 saturated heterocycles. The highest BCUT2D eigenvalue weighted by Crippen LogP contribution is 2.48. The standard InChI is InChI=1S/C14H13N3O3/c15-13(18)8-3-4-16-7-11(8)17-14(19)10-6-9(10)12-2-1-5-20-12/h1-5,7,9-10H,6H2,(H2,15,18)(H,17,19). The van der Waals surface area contributed by atoms with Crippen LogP contribution in [-0.4, -0.2) is 16.8 Å². The number of amides is 2. The number of aromatic nitrogens is 1. The lowest BCUT2D eigenvalue weighted by atomic mass is 10.2. The van der Waals surface area contributed by atoms with Crippen LogP contribution < -0.4 is 11.1 Å². The Kier molecular flexibility index (Phi) is 2.98. The molecule has 2 aromatic rings. The molecule has 2 heterocycles. The van der Waals surface area contributed by atoms with Gasteiger partial charge in [-0.25, -0.2) is 0 Å². The molecule has 6 heteroatoms. The normalized spacial score (nSPS) is 20.4. The van der Waals surface area contributed by atoms with Crippen molar-refractivity contribution in [2.75, 3.05) is 5.32 Å². The van der Waals surface area contributed by atoms with Gasteiger partial charge in [-0.05, 0) is 24.6 Å². The van der Waals surface area contributed by atoms with Crippen LogP contribution in [0.4, 0.5) is 5.69 Å². The first kappa shape index (κ1) is 12.4. The summed E-state index contributed by atoms with van der Waals surface area (Å²) in [6.07, 6.45) is 5.21. The Bertz CT molecular complexity index is 651. The third kappa shape index (κ3) is 2.27. The third-order valence-electron chi connectivity index (χ3n) is 3.38. The Morgan fingerprint density at radius 1 is 1.40 bits per heavy atom. The number of rotatable bonds is 4. The van der Waals surface area contributed by atoms with Gasteiger partial charge in [0.2, 0.25) is 5.91 Å². The SMILES string of the molecule is NC(=O)c1ccncc1NC(=O)C1CC1c1ccco1. The van der Waals surface area contributed by atoms with E-state index in [0.717, 1.165) is 12.2 Å². The van der Waals surface area contributed by atoms with Crippen LogP contribution in [0.3, 0.4) is 0 Å². The molecule has 1 saturated carbocycles. The molecule has 0 spiro atoms. The van der Waals surface area contributed by atoms with Crippen LogP contribution in [0.1, 0.15) is 28.5 Å². The summed E-state index contributed by atoms with van der Waals surface area (Å²) in [4.78, 5) is 27.3. The summed E-state index contributed by atoms with van der Waals surface area (Å²) in [6.45, 7) is 0. The van der Waals surface area contributed by atoms with Crippen molar-refractivity contribution < 1.29 is 14.0 Å². The summed E-state index contributed by atoms with van der Waals surface area (Å²) in [6, 6.07) is 5.14. The molecule has 102 valence electrons. The second-order valence-corrected chi connectivity index (χ2v) is 4.74. The summed E-state index contributed by atoms with van der Waals surface area (Å²) in [7, 11) is 0. The molecule has 3 N–H and O–H groups in total. The quantitative estimate of drug-likeness (QED) is 0.880. The van der Waals surface area contributed by atoms with Crippen LogP contribution in [0.15, 0.2) is 41.3 Å². The van der Waals surface area contributed by atoms with Gasteiger partial charge in [0, 0.05) is 18.0 Å². The predicted octanol–water partition coefficient (Wildman–Crippen LogP) is 1.52. The molecule has 2 amide bonds. The minimum atomic E-state index is -0.596. The molecule has 0 aromatic carbocycles. The molecule has 6 nitrogen and oxygen atoms in total. The first-order valence-corrected chi connectivity index (χ1v) is 6.25. The van der Waals surface area contributed by atoms with Crippen LogP contribution in [0.25, 0.3) is 0 Å². The number of nitrogens with one attached hydrogen (secondary N) is 1. The molecule has 1 aliphatic rings. The monoisotopic (exact) mass is 271 g/mol. The number of carbonyl (C=O) groups is 2. The van der Waals surface area contributed by atoms with Crippen molar-refractivity contribution in [1.29, 1.82) is 0 Å². The van der Waals surface area contributed by atoms with E-state index >= 15 is 0 Å². The van der Waals surface area contributed by atoms with Crippen molar-refractivity contribution >= 4 is 17.5 Å².